The van der Waals surface area contributed by atoms with Gasteiger partial charge in [-0.2, -0.15) is 0 Å². The van der Waals surface area contributed by atoms with Crippen molar-refractivity contribution in [2.75, 3.05) is 0 Å². The van der Waals surface area contributed by atoms with Crippen LogP contribution in [0.5, 0.6) is 0 Å². The predicted molar refractivity (Wildman–Crippen MR) is 83.8 cm³/mol. The predicted octanol–water partition coefficient (Wildman–Crippen LogP) is 5.35. The fourth-order valence-electron chi connectivity index (χ4n) is 1.42. The molecule has 2 nitrogen and oxygen atoms in total. The molecule has 0 bridgehead atoms. The van der Waals surface area contributed by atoms with Crippen LogP contribution in [0.3, 0.4) is 0 Å². The summed E-state index contributed by atoms with van der Waals surface area (Å²) in [5, 5.41) is 0.675. The molecule has 0 saturated carbocycles. The van der Waals surface area contributed by atoms with Crippen LogP contribution >= 0.6 is 55.1 Å². The Hall–Kier alpha value is -0.0700. The van der Waals surface area contributed by atoms with Crippen molar-refractivity contribution in [3.8, 4) is 0 Å². The third-order valence-electron chi connectivity index (χ3n) is 2.40. The topological polar surface area (TPSA) is 34.1 Å². The van der Waals surface area contributed by atoms with Gasteiger partial charge in [0.15, 0.2) is 0 Å². The zero-order valence-corrected chi connectivity index (χ0v) is 14.7. The lowest BCUT2D eigenvalue weighted by atomic mass is 10.4. The van der Waals surface area contributed by atoms with E-state index < -0.39 is 9.84 Å². The molecule has 0 aliphatic carbocycles. The Morgan fingerprint density at radius 3 is 1.47 bits per heavy atom. The quantitative estimate of drug-likeness (QED) is 0.625. The maximum Gasteiger partial charge on any atom is 0.206 e. The number of halogens is 4. The zero-order chi connectivity index (χ0) is 14.2. The molecule has 0 unspecified atom stereocenters. The van der Waals surface area contributed by atoms with E-state index in [4.69, 9.17) is 23.2 Å². The van der Waals surface area contributed by atoms with E-state index in [0.717, 1.165) is 0 Å². The molecule has 0 saturated heterocycles. The summed E-state index contributed by atoms with van der Waals surface area (Å²) in [4.78, 5) is 0.248. The van der Waals surface area contributed by atoms with Gasteiger partial charge in [-0.1, -0.05) is 23.2 Å². The van der Waals surface area contributed by atoms with Gasteiger partial charge in [0.05, 0.1) is 19.8 Å². The van der Waals surface area contributed by atoms with Gasteiger partial charge < -0.3 is 0 Å². The van der Waals surface area contributed by atoms with Crippen LogP contribution in [-0.4, -0.2) is 8.42 Å². The van der Waals surface area contributed by atoms with E-state index in [0.29, 0.717) is 19.0 Å². The van der Waals surface area contributed by atoms with E-state index in [2.05, 4.69) is 31.9 Å². The van der Waals surface area contributed by atoms with E-state index in [1.54, 1.807) is 12.1 Å². The Kier molecular flexibility index (Phi) is 4.63. The van der Waals surface area contributed by atoms with Gasteiger partial charge in [-0.05, 0) is 68.3 Å². The average Bonchev–Trinajstić information content (AvgIpc) is 2.35. The van der Waals surface area contributed by atoms with Gasteiger partial charge in [0, 0.05) is 8.95 Å². The molecule has 0 atom stereocenters. The molecular formula is C12H6Br2Cl2O2S. The van der Waals surface area contributed by atoms with Crippen LogP contribution in [-0.2, 0) is 9.84 Å². The van der Waals surface area contributed by atoms with Crippen molar-refractivity contribution < 1.29 is 8.42 Å². The molecule has 7 heteroatoms. The largest absolute Gasteiger partial charge is 0.219 e. The van der Waals surface area contributed by atoms with Crippen molar-refractivity contribution in [3.63, 3.8) is 0 Å². The molecule has 0 radical (unpaired) electrons. The maximum atomic E-state index is 12.4. The van der Waals surface area contributed by atoms with Crippen LogP contribution in [0.1, 0.15) is 0 Å². The summed E-state index contributed by atoms with van der Waals surface area (Å²) in [7, 11) is -3.63. The molecule has 2 aromatic rings. The fraction of sp³-hybridized carbons (Fsp3) is 0. The molecule has 0 spiro atoms. The summed E-state index contributed by atoms with van der Waals surface area (Å²) in [6, 6.07) is 8.96. The first-order valence-corrected chi connectivity index (χ1v) is 8.80. The first-order valence-electron chi connectivity index (χ1n) is 4.97. The minimum Gasteiger partial charge on any atom is -0.219 e. The highest BCUT2D eigenvalue weighted by atomic mass is 79.9. The summed E-state index contributed by atoms with van der Waals surface area (Å²) < 4.78 is 26.1. The third kappa shape index (κ3) is 3.16. The van der Waals surface area contributed by atoms with Gasteiger partial charge in [-0.15, -0.1) is 0 Å². The molecular weight excluding hydrogens is 439 g/mol. The molecule has 2 rings (SSSR count). The second-order valence-electron chi connectivity index (χ2n) is 3.66. The first-order chi connectivity index (χ1) is 8.82. The minimum atomic E-state index is -3.63. The standard InChI is InChI=1S/C12H6Br2Cl2O2S/c13-9-3-1-7(5-11(9)15)19(17,18)8-2-4-10(14)12(16)6-8/h1-6H. The summed E-state index contributed by atoms with van der Waals surface area (Å²) in [6.45, 7) is 0. The Morgan fingerprint density at radius 2 is 1.16 bits per heavy atom. The van der Waals surface area contributed by atoms with E-state index in [1.807, 2.05) is 0 Å². The molecule has 0 fully saturated rings. The molecule has 100 valence electrons. The normalized spacial score (nSPS) is 11.6. The number of rotatable bonds is 2. The van der Waals surface area contributed by atoms with Gasteiger partial charge in [0.1, 0.15) is 0 Å². The van der Waals surface area contributed by atoms with E-state index in [1.165, 1.54) is 24.3 Å². The van der Waals surface area contributed by atoms with Gasteiger partial charge in [0.2, 0.25) is 9.84 Å². The highest BCUT2D eigenvalue weighted by Gasteiger charge is 2.19. The van der Waals surface area contributed by atoms with Crippen molar-refractivity contribution in [1.82, 2.24) is 0 Å². The smallest absolute Gasteiger partial charge is 0.206 e. The van der Waals surface area contributed by atoms with Crippen molar-refractivity contribution in [2.24, 2.45) is 0 Å². The van der Waals surface area contributed by atoms with E-state index >= 15 is 0 Å². The number of hydrogen-bond acceptors (Lipinski definition) is 2. The van der Waals surface area contributed by atoms with Crippen LogP contribution < -0.4 is 0 Å². The Bertz CT molecular complexity index is 688. The third-order valence-corrected chi connectivity index (χ3v) is 6.62. The summed E-state index contributed by atoms with van der Waals surface area (Å²) >= 11 is 18.3. The average molecular weight is 445 g/mol. The van der Waals surface area contributed by atoms with Crippen LogP contribution in [0.2, 0.25) is 10.0 Å². The lowest BCUT2D eigenvalue weighted by Gasteiger charge is -2.07. The summed E-state index contributed by atoms with van der Waals surface area (Å²) in [6.07, 6.45) is 0. The SMILES string of the molecule is O=S(=O)(c1ccc(Br)c(Cl)c1)c1ccc(Br)c(Cl)c1. The van der Waals surface area contributed by atoms with Crippen molar-refractivity contribution in [3.05, 3.63) is 55.4 Å². The molecule has 0 N–H and O–H groups in total. The second kappa shape index (κ2) is 5.74. The molecule has 0 aliphatic heterocycles. The van der Waals surface area contributed by atoms with E-state index in [9.17, 15) is 8.42 Å². The van der Waals surface area contributed by atoms with E-state index in [-0.39, 0.29) is 9.79 Å². The summed E-state index contributed by atoms with van der Waals surface area (Å²) in [5.74, 6) is 0. The number of hydrogen-bond donors (Lipinski definition) is 0. The Labute approximate surface area is 137 Å². The lowest BCUT2D eigenvalue weighted by molar-refractivity contribution is 0.596. The van der Waals surface area contributed by atoms with Crippen LogP contribution in [0.4, 0.5) is 0 Å². The van der Waals surface area contributed by atoms with Crippen LogP contribution in [0, 0.1) is 0 Å². The minimum absolute atomic E-state index is 0.124. The van der Waals surface area contributed by atoms with Crippen LogP contribution in [0.15, 0.2) is 55.1 Å². The molecule has 2 aromatic carbocycles. The Morgan fingerprint density at radius 1 is 0.789 bits per heavy atom. The monoisotopic (exact) mass is 442 g/mol. The van der Waals surface area contributed by atoms with Gasteiger partial charge in [-0.25, -0.2) is 8.42 Å². The van der Waals surface area contributed by atoms with Gasteiger partial charge >= 0.3 is 0 Å². The molecule has 0 heterocycles. The highest BCUT2D eigenvalue weighted by molar-refractivity contribution is 9.10. The van der Waals surface area contributed by atoms with Crippen molar-refractivity contribution in [1.29, 1.82) is 0 Å². The van der Waals surface area contributed by atoms with Crippen LogP contribution in [0.25, 0.3) is 0 Å². The van der Waals surface area contributed by atoms with Crippen molar-refractivity contribution >= 4 is 64.9 Å². The number of benzene rings is 2. The first kappa shape index (κ1) is 15.3. The fourth-order valence-corrected chi connectivity index (χ4v) is 3.72. The molecule has 0 aromatic heterocycles. The molecule has 0 amide bonds. The number of sulfone groups is 1. The second-order valence-corrected chi connectivity index (χ2v) is 8.13. The maximum absolute atomic E-state index is 12.4. The lowest BCUT2D eigenvalue weighted by Crippen LogP contribution is -2.02. The van der Waals surface area contributed by atoms with Crippen molar-refractivity contribution in [2.45, 2.75) is 9.79 Å². The van der Waals surface area contributed by atoms with Gasteiger partial charge in [0.25, 0.3) is 0 Å². The Balaban J connectivity index is 2.58. The summed E-state index contributed by atoms with van der Waals surface area (Å²) in [5.41, 5.74) is 0. The molecule has 19 heavy (non-hydrogen) atoms. The highest BCUT2D eigenvalue weighted by Crippen LogP contribution is 2.31. The zero-order valence-electron chi connectivity index (χ0n) is 9.20. The van der Waals surface area contributed by atoms with Gasteiger partial charge in [-0.3, -0.25) is 0 Å². The molecule has 0 aliphatic rings.